The van der Waals surface area contributed by atoms with Crippen molar-refractivity contribution in [2.75, 3.05) is 19.7 Å². The number of rotatable bonds is 4. The molecule has 0 aliphatic carbocycles. The molecule has 0 spiro atoms. The molecule has 5 nitrogen and oxygen atoms in total. The van der Waals surface area contributed by atoms with Gasteiger partial charge in [-0.3, -0.25) is 9.59 Å². The summed E-state index contributed by atoms with van der Waals surface area (Å²) in [7, 11) is 0. The van der Waals surface area contributed by atoms with Crippen LogP contribution in [0.3, 0.4) is 0 Å². The van der Waals surface area contributed by atoms with Crippen molar-refractivity contribution in [2.45, 2.75) is 20.3 Å². The molecule has 0 radical (unpaired) electrons. The van der Waals surface area contributed by atoms with Gasteiger partial charge >= 0.3 is 0 Å². The Balaban J connectivity index is 1.97. The highest BCUT2D eigenvalue weighted by atomic mass is 16.5. The van der Waals surface area contributed by atoms with Gasteiger partial charge in [0.1, 0.15) is 5.75 Å². The van der Waals surface area contributed by atoms with Crippen molar-refractivity contribution in [1.29, 1.82) is 0 Å². The van der Waals surface area contributed by atoms with Gasteiger partial charge < -0.3 is 15.4 Å². The number of piperidine rings is 1. The fourth-order valence-corrected chi connectivity index (χ4v) is 2.89. The standard InChI is InChI=1S/C16H22N2O3/c1-11-7-12(2)9-18(8-11)15(19)10-21-14-6-4-3-5-13(14)16(17)20/h3-6,11-12H,7-10H2,1-2H3,(H2,17,20). The Morgan fingerprint density at radius 1 is 1.24 bits per heavy atom. The quantitative estimate of drug-likeness (QED) is 0.916. The van der Waals surface area contributed by atoms with Crippen LogP contribution in [0, 0.1) is 11.8 Å². The van der Waals surface area contributed by atoms with E-state index >= 15 is 0 Å². The molecule has 1 aromatic carbocycles. The normalized spacial score (nSPS) is 21.9. The van der Waals surface area contributed by atoms with Crippen LogP contribution in [0.5, 0.6) is 5.75 Å². The minimum atomic E-state index is -0.557. The number of amides is 2. The van der Waals surface area contributed by atoms with Crippen molar-refractivity contribution in [2.24, 2.45) is 17.6 Å². The predicted octanol–water partition coefficient (Wildman–Crippen LogP) is 1.67. The van der Waals surface area contributed by atoms with E-state index in [-0.39, 0.29) is 12.5 Å². The number of ether oxygens (including phenoxy) is 1. The molecule has 1 fully saturated rings. The molecule has 1 aromatic rings. The first-order valence-electron chi connectivity index (χ1n) is 7.26. The Labute approximate surface area is 125 Å². The lowest BCUT2D eigenvalue weighted by Crippen LogP contribution is -2.44. The van der Waals surface area contributed by atoms with Crippen molar-refractivity contribution in [3.05, 3.63) is 29.8 Å². The van der Waals surface area contributed by atoms with Crippen LogP contribution in [0.1, 0.15) is 30.6 Å². The number of benzene rings is 1. The minimum Gasteiger partial charge on any atom is -0.483 e. The van der Waals surface area contributed by atoms with E-state index in [9.17, 15) is 9.59 Å². The lowest BCUT2D eigenvalue weighted by Gasteiger charge is -2.34. The lowest BCUT2D eigenvalue weighted by molar-refractivity contribution is -0.136. The van der Waals surface area contributed by atoms with Gasteiger partial charge in [-0.1, -0.05) is 26.0 Å². The van der Waals surface area contributed by atoms with E-state index in [1.807, 2.05) is 4.90 Å². The third-order valence-corrected chi connectivity index (χ3v) is 3.73. The molecule has 1 aliphatic rings. The van der Waals surface area contributed by atoms with Crippen molar-refractivity contribution >= 4 is 11.8 Å². The molecule has 0 saturated carbocycles. The monoisotopic (exact) mass is 290 g/mol. The molecule has 21 heavy (non-hydrogen) atoms. The smallest absolute Gasteiger partial charge is 0.260 e. The third-order valence-electron chi connectivity index (χ3n) is 3.73. The molecule has 2 unspecified atom stereocenters. The second-order valence-electron chi connectivity index (χ2n) is 5.89. The molecule has 2 atom stereocenters. The first-order valence-corrected chi connectivity index (χ1v) is 7.26. The second kappa shape index (κ2) is 6.61. The van der Waals surface area contributed by atoms with Crippen LogP contribution in [-0.4, -0.2) is 36.4 Å². The summed E-state index contributed by atoms with van der Waals surface area (Å²) in [6, 6.07) is 6.70. The number of nitrogens with two attached hydrogens (primary N) is 1. The zero-order valence-electron chi connectivity index (χ0n) is 12.5. The average molecular weight is 290 g/mol. The van der Waals surface area contributed by atoms with E-state index < -0.39 is 5.91 Å². The summed E-state index contributed by atoms with van der Waals surface area (Å²) < 4.78 is 5.49. The molecule has 2 N–H and O–H groups in total. The summed E-state index contributed by atoms with van der Waals surface area (Å²) in [5.74, 6) is 0.772. The van der Waals surface area contributed by atoms with Gasteiger partial charge in [0.15, 0.2) is 6.61 Å². The Morgan fingerprint density at radius 2 is 1.86 bits per heavy atom. The first-order chi connectivity index (χ1) is 9.97. The van der Waals surface area contributed by atoms with E-state index in [0.717, 1.165) is 19.5 Å². The van der Waals surface area contributed by atoms with Crippen LogP contribution in [0.4, 0.5) is 0 Å². The number of para-hydroxylation sites is 1. The van der Waals surface area contributed by atoms with Crippen LogP contribution in [0.2, 0.25) is 0 Å². The second-order valence-corrected chi connectivity index (χ2v) is 5.89. The van der Waals surface area contributed by atoms with E-state index in [0.29, 0.717) is 23.1 Å². The zero-order chi connectivity index (χ0) is 15.4. The van der Waals surface area contributed by atoms with E-state index in [4.69, 9.17) is 10.5 Å². The maximum absolute atomic E-state index is 12.2. The first kappa shape index (κ1) is 15.4. The van der Waals surface area contributed by atoms with Gasteiger partial charge in [0.25, 0.3) is 11.8 Å². The molecule has 114 valence electrons. The largest absolute Gasteiger partial charge is 0.483 e. The highest BCUT2D eigenvalue weighted by Gasteiger charge is 2.25. The van der Waals surface area contributed by atoms with Gasteiger partial charge in [0, 0.05) is 13.1 Å². The van der Waals surface area contributed by atoms with Crippen LogP contribution in [0.15, 0.2) is 24.3 Å². The van der Waals surface area contributed by atoms with Crippen molar-refractivity contribution in [1.82, 2.24) is 4.90 Å². The fraction of sp³-hybridized carbons (Fsp3) is 0.500. The summed E-state index contributed by atoms with van der Waals surface area (Å²) in [4.78, 5) is 25.4. The molecular formula is C16H22N2O3. The lowest BCUT2D eigenvalue weighted by atomic mass is 9.92. The molecule has 2 rings (SSSR count). The summed E-state index contributed by atoms with van der Waals surface area (Å²) in [6.07, 6.45) is 1.15. The number of hydrogen-bond acceptors (Lipinski definition) is 3. The number of carbonyl (C=O) groups is 2. The average Bonchev–Trinajstić information content (AvgIpc) is 2.43. The maximum atomic E-state index is 12.2. The van der Waals surface area contributed by atoms with Crippen LogP contribution in [-0.2, 0) is 4.79 Å². The minimum absolute atomic E-state index is 0.0485. The number of nitrogens with zero attached hydrogens (tertiary/aromatic N) is 1. The highest BCUT2D eigenvalue weighted by molar-refractivity contribution is 5.95. The van der Waals surface area contributed by atoms with E-state index in [2.05, 4.69) is 13.8 Å². The van der Waals surface area contributed by atoms with Crippen molar-refractivity contribution in [3.63, 3.8) is 0 Å². The van der Waals surface area contributed by atoms with Crippen LogP contribution in [0.25, 0.3) is 0 Å². The topological polar surface area (TPSA) is 72.6 Å². The molecule has 2 amide bonds. The number of hydrogen-bond donors (Lipinski definition) is 1. The predicted molar refractivity (Wildman–Crippen MR) is 80.0 cm³/mol. The number of primary amides is 1. The molecule has 1 aliphatic heterocycles. The van der Waals surface area contributed by atoms with Gasteiger partial charge in [-0.2, -0.15) is 0 Å². The van der Waals surface area contributed by atoms with E-state index in [1.165, 1.54) is 0 Å². The Kier molecular flexibility index (Phi) is 4.83. The molecular weight excluding hydrogens is 268 g/mol. The number of likely N-dealkylation sites (tertiary alicyclic amines) is 1. The SMILES string of the molecule is CC1CC(C)CN(C(=O)COc2ccccc2C(N)=O)C1. The summed E-state index contributed by atoms with van der Waals surface area (Å²) in [6.45, 7) is 5.77. The van der Waals surface area contributed by atoms with Gasteiger partial charge in [-0.25, -0.2) is 0 Å². The van der Waals surface area contributed by atoms with Crippen molar-refractivity contribution in [3.8, 4) is 5.75 Å². The summed E-state index contributed by atoms with van der Waals surface area (Å²) in [5.41, 5.74) is 5.58. The zero-order valence-corrected chi connectivity index (χ0v) is 12.5. The third kappa shape index (κ3) is 3.97. The van der Waals surface area contributed by atoms with Crippen molar-refractivity contribution < 1.29 is 14.3 Å². The maximum Gasteiger partial charge on any atom is 0.260 e. The van der Waals surface area contributed by atoms with Crippen LogP contribution >= 0.6 is 0 Å². The van der Waals surface area contributed by atoms with Gasteiger partial charge in [0.2, 0.25) is 0 Å². The molecule has 0 aromatic heterocycles. The number of carbonyl (C=O) groups excluding carboxylic acids is 2. The Morgan fingerprint density at radius 3 is 2.48 bits per heavy atom. The van der Waals surface area contributed by atoms with Gasteiger partial charge in [-0.15, -0.1) is 0 Å². The van der Waals surface area contributed by atoms with Crippen LogP contribution < -0.4 is 10.5 Å². The van der Waals surface area contributed by atoms with E-state index in [1.54, 1.807) is 24.3 Å². The highest BCUT2D eigenvalue weighted by Crippen LogP contribution is 2.22. The Bertz CT molecular complexity index is 520. The summed E-state index contributed by atoms with van der Waals surface area (Å²) in [5, 5.41) is 0. The summed E-state index contributed by atoms with van der Waals surface area (Å²) >= 11 is 0. The molecule has 1 saturated heterocycles. The van der Waals surface area contributed by atoms with Gasteiger partial charge in [-0.05, 0) is 30.4 Å². The Hall–Kier alpha value is -2.04. The fourth-order valence-electron chi connectivity index (χ4n) is 2.89. The van der Waals surface area contributed by atoms with Gasteiger partial charge in [0.05, 0.1) is 5.56 Å². The molecule has 5 heteroatoms. The molecule has 1 heterocycles. The molecule has 0 bridgehead atoms.